The van der Waals surface area contributed by atoms with Crippen LogP contribution in [0.4, 0.5) is 0 Å². The number of methoxy groups -OCH3 is 1. The molecule has 1 aliphatic rings. The minimum atomic E-state index is 0.266. The standard InChI is InChI=1S/C11H13NO/c1-13-11(12)10-6-8-4-2-3-5-9(8)7-10/h2-5,10,12H,6-7H2,1H3. The van der Waals surface area contributed by atoms with E-state index >= 15 is 0 Å². The SMILES string of the molecule is COC(=N)C1Cc2ccccc2C1. The lowest BCUT2D eigenvalue weighted by Gasteiger charge is -2.08. The Morgan fingerprint density at radius 3 is 2.31 bits per heavy atom. The summed E-state index contributed by atoms with van der Waals surface area (Å²) in [6.07, 6.45) is 1.92. The molecule has 2 rings (SSSR count). The third-order valence-corrected chi connectivity index (χ3v) is 2.64. The van der Waals surface area contributed by atoms with Gasteiger partial charge in [-0.15, -0.1) is 0 Å². The summed E-state index contributed by atoms with van der Waals surface area (Å²) in [6, 6.07) is 8.38. The van der Waals surface area contributed by atoms with Crippen LogP contribution in [0, 0.1) is 11.3 Å². The highest BCUT2D eigenvalue weighted by molar-refractivity contribution is 5.77. The van der Waals surface area contributed by atoms with Gasteiger partial charge in [-0.25, -0.2) is 0 Å². The fourth-order valence-corrected chi connectivity index (χ4v) is 1.91. The number of fused-ring (bicyclic) bond motifs is 1. The molecule has 1 N–H and O–H groups in total. The van der Waals surface area contributed by atoms with Crippen molar-refractivity contribution >= 4 is 5.90 Å². The molecule has 0 unspecified atom stereocenters. The van der Waals surface area contributed by atoms with Gasteiger partial charge in [0.25, 0.3) is 0 Å². The molecule has 0 heterocycles. The van der Waals surface area contributed by atoms with Gasteiger partial charge in [-0.2, -0.15) is 0 Å². The number of rotatable bonds is 1. The molecule has 0 saturated heterocycles. The molecule has 68 valence electrons. The minimum absolute atomic E-state index is 0.266. The number of hydrogen-bond donors (Lipinski definition) is 1. The molecule has 1 aromatic carbocycles. The number of nitrogens with one attached hydrogen (secondary N) is 1. The molecule has 1 aliphatic carbocycles. The predicted molar refractivity (Wildman–Crippen MR) is 52.1 cm³/mol. The van der Waals surface area contributed by atoms with Crippen molar-refractivity contribution in [2.75, 3.05) is 7.11 Å². The summed E-state index contributed by atoms with van der Waals surface area (Å²) in [5.74, 6) is 0.679. The summed E-state index contributed by atoms with van der Waals surface area (Å²) in [5.41, 5.74) is 2.74. The van der Waals surface area contributed by atoms with Crippen LogP contribution in [-0.2, 0) is 17.6 Å². The normalized spacial score (nSPS) is 15.5. The van der Waals surface area contributed by atoms with Gasteiger partial charge in [0.15, 0.2) is 5.90 Å². The Labute approximate surface area is 78.0 Å². The van der Waals surface area contributed by atoms with Crippen LogP contribution in [0.2, 0.25) is 0 Å². The molecule has 0 saturated carbocycles. The summed E-state index contributed by atoms with van der Waals surface area (Å²) >= 11 is 0. The van der Waals surface area contributed by atoms with Crippen LogP contribution in [0.15, 0.2) is 24.3 Å². The molecular formula is C11H13NO. The number of hydrogen-bond acceptors (Lipinski definition) is 2. The third kappa shape index (κ3) is 1.44. The Bertz CT molecular complexity index is 308. The molecule has 0 aliphatic heterocycles. The molecule has 0 bridgehead atoms. The fourth-order valence-electron chi connectivity index (χ4n) is 1.91. The topological polar surface area (TPSA) is 33.1 Å². The molecule has 0 radical (unpaired) electrons. The lowest BCUT2D eigenvalue weighted by molar-refractivity contribution is 0.362. The first-order chi connectivity index (χ1) is 6.31. The summed E-state index contributed by atoms with van der Waals surface area (Å²) < 4.78 is 4.95. The van der Waals surface area contributed by atoms with Crippen molar-refractivity contribution < 1.29 is 4.74 Å². The van der Waals surface area contributed by atoms with Crippen LogP contribution in [0.1, 0.15) is 11.1 Å². The number of benzene rings is 1. The van der Waals surface area contributed by atoms with Crippen LogP contribution in [0.25, 0.3) is 0 Å². The Morgan fingerprint density at radius 2 is 1.85 bits per heavy atom. The highest BCUT2D eigenvalue weighted by atomic mass is 16.5. The molecule has 0 spiro atoms. The lowest BCUT2D eigenvalue weighted by atomic mass is 10.1. The van der Waals surface area contributed by atoms with Gasteiger partial charge >= 0.3 is 0 Å². The van der Waals surface area contributed by atoms with Gasteiger partial charge in [-0.05, 0) is 24.0 Å². The van der Waals surface area contributed by atoms with Crippen molar-refractivity contribution in [2.45, 2.75) is 12.8 Å². The van der Waals surface area contributed by atoms with Crippen molar-refractivity contribution in [3.05, 3.63) is 35.4 Å². The quantitative estimate of drug-likeness (QED) is 0.514. The largest absolute Gasteiger partial charge is 0.484 e. The monoisotopic (exact) mass is 175 g/mol. The van der Waals surface area contributed by atoms with E-state index in [4.69, 9.17) is 10.1 Å². The summed E-state index contributed by atoms with van der Waals surface area (Å²) in [6.45, 7) is 0. The average molecular weight is 175 g/mol. The van der Waals surface area contributed by atoms with Crippen LogP contribution >= 0.6 is 0 Å². The average Bonchev–Trinajstić information content (AvgIpc) is 2.59. The van der Waals surface area contributed by atoms with Gasteiger partial charge in [0.2, 0.25) is 0 Å². The van der Waals surface area contributed by atoms with Crippen LogP contribution in [0.5, 0.6) is 0 Å². The van der Waals surface area contributed by atoms with Crippen molar-refractivity contribution in [1.29, 1.82) is 5.41 Å². The van der Waals surface area contributed by atoms with Gasteiger partial charge in [-0.3, -0.25) is 5.41 Å². The van der Waals surface area contributed by atoms with Crippen molar-refractivity contribution in [1.82, 2.24) is 0 Å². The molecule has 0 aromatic heterocycles. The Hall–Kier alpha value is -1.31. The van der Waals surface area contributed by atoms with Crippen LogP contribution in [0.3, 0.4) is 0 Å². The highest BCUT2D eigenvalue weighted by Gasteiger charge is 2.24. The predicted octanol–water partition coefficient (Wildman–Crippen LogP) is 2.03. The molecule has 0 atom stereocenters. The van der Waals surface area contributed by atoms with E-state index in [1.54, 1.807) is 7.11 Å². The van der Waals surface area contributed by atoms with Gasteiger partial charge in [0, 0.05) is 5.92 Å². The van der Waals surface area contributed by atoms with Gasteiger partial charge in [0.1, 0.15) is 0 Å². The Morgan fingerprint density at radius 1 is 1.31 bits per heavy atom. The van der Waals surface area contributed by atoms with E-state index in [9.17, 15) is 0 Å². The van der Waals surface area contributed by atoms with Crippen molar-refractivity contribution in [2.24, 2.45) is 5.92 Å². The molecule has 1 aromatic rings. The van der Waals surface area contributed by atoms with Gasteiger partial charge in [0.05, 0.1) is 7.11 Å². The Balaban J connectivity index is 2.18. The molecular weight excluding hydrogens is 162 g/mol. The zero-order chi connectivity index (χ0) is 9.26. The first-order valence-corrected chi connectivity index (χ1v) is 4.50. The van der Waals surface area contributed by atoms with Crippen LogP contribution < -0.4 is 0 Å². The zero-order valence-corrected chi connectivity index (χ0v) is 7.71. The molecule has 0 amide bonds. The maximum atomic E-state index is 7.59. The zero-order valence-electron chi connectivity index (χ0n) is 7.71. The summed E-state index contributed by atoms with van der Waals surface area (Å²) in [5, 5.41) is 7.59. The summed E-state index contributed by atoms with van der Waals surface area (Å²) in [4.78, 5) is 0. The van der Waals surface area contributed by atoms with E-state index in [0.717, 1.165) is 12.8 Å². The maximum absolute atomic E-state index is 7.59. The van der Waals surface area contributed by atoms with E-state index < -0.39 is 0 Å². The third-order valence-electron chi connectivity index (χ3n) is 2.64. The first-order valence-electron chi connectivity index (χ1n) is 4.50. The molecule has 2 heteroatoms. The molecule has 13 heavy (non-hydrogen) atoms. The first kappa shape index (κ1) is 8.30. The van der Waals surface area contributed by atoms with Gasteiger partial charge < -0.3 is 4.74 Å². The van der Waals surface area contributed by atoms with E-state index in [-0.39, 0.29) is 5.92 Å². The van der Waals surface area contributed by atoms with E-state index in [1.165, 1.54) is 11.1 Å². The van der Waals surface area contributed by atoms with E-state index in [2.05, 4.69) is 24.3 Å². The summed E-state index contributed by atoms with van der Waals surface area (Å²) in [7, 11) is 1.57. The number of ether oxygens (including phenoxy) is 1. The maximum Gasteiger partial charge on any atom is 0.183 e. The highest BCUT2D eigenvalue weighted by Crippen LogP contribution is 2.26. The van der Waals surface area contributed by atoms with E-state index in [1.807, 2.05) is 0 Å². The van der Waals surface area contributed by atoms with Crippen molar-refractivity contribution in [3.8, 4) is 0 Å². The second-order valence-electron chi connectivity index (χ2n) is 3.44. The Kier molecular flexibility index (Phi) is 2.05. The smallest absolute Gasteiger partial charge is 0.183 e. The second-order valence-corrected chi connectivity index (χ2v) is 3.44. The molecule has 0 fully saturated rings. The van der Waals surface area contributed by atoms with Gasteiger partial charge in [-0.1, -0.05) is 24.3 Å². The minimum Gasteiger partial charge on any atom is -0.484 e. The fraction of sp³-hybridized carbons (Fsp3) is 0.364. The van der Waals surface area contributed by atoms with E-state index in [0.29, 0.717) is 5.90 Å². The van der Waals surface area contributed by atoms with Crippen molar-refractivity contribution in [3.63, 3.8) is 0 Å². The lowest BCUT2D eigenvalue weighted by Crippen LogP contribution is -2.15. The molecule has 2 nitrogen and oxygen atoms in total. The van der Waals surface area contributed by atoms with Crippen LogP contribution in [-0.4, -0.2) is 13.0 Å². The second kappa shape index (κ2) is 3.21.